The predicted molar refractivity (Wildman–Crippen MR) is 108 cm³/mol. The summed E-state index contributed by atoms with van der Waals surface area (Å²) in [6.07, 6.45) is 0. The van der Waals surface area contributed by atoms with Crippen LogP contribution in [0.1, 0.15) is 15.9 Å². The van der Waals surface area contributed by atoms with Gasteiger partial charge in [-0.1, -0.05) is 77.2 Å². The fourth-order valence-electron chi connectivity index (χ4n) is 2.10. The summed E-state index contributed by atoms with van der Waals surface area (Å²) in [4.78, 5) is 24.1. The monoisotopic (exact) mass is 418 g/mol. The number of amides is 2. The van der Waals surface area contributed by atoms with Gasteiger partial charge in [0.25, 0.3) is 5.91 Å². The molecule has 9 heteroatoms. The van der Waals surface area contributed by atoms with Crippen LogP contribution in [0.2, 0.25) is 5.02 Å². The maximum atomic E-state index is 12.2. The van der Waals surface area contributed by atoms with Crippen molar-refractivity contribution in [2.24, 2.45) is 0 Å². The lowest BCUT2D eigenvalue weighted by molar-refractivity contribution is -0.118. The summed E-state index contributed by atoms with van der Waals surface area (Å²) in [7, 11) is 0. The molecule has 3 aromatic rings. The Hall–Kier alpha value is -2.42. The Bertz CT molecular complexity index is 934. The average molecular weight is 419 g/mol. The molecule has 0 spiro atoms. The van der Waals surface area contributed by atoms with E-state index < -0.39 is 0 Å². The topological polar surface area (TPSA) is 84.0 Å². The molecule has 0 fully saturated rings. The number of nitrogens with zero attached hydrogens (tertiary/aromatic N) is 2. The second kappa shape index (κ2) is 9.50. The minimum atomic E-state index is -0.353. The van der Waals surface area contributed by atoms with Crippen LogP contribution in [0.15, 0.2) is 58.9 Å². The molecule has 0 saturated carbocycles. The lowest BCUT2D eigenvalue weighted by atomic mass is 10.2. The summed E-state index contributed by atoms with van der Waals surface area (Å²) in [6.45, 7) is 0.482. The summed E-state index contributed by atoms with van der Waals surface area (Å²) in [6, 6.07) is 16.4. The average Bonchev–Trinajstić information content (AvgIpc) is 3.13. The van der Waals surface area contributed by atoms with Crippen molar-refractivity contribution in [2.45, 2.75) is 10.9 Å². The molecule has 0 aliphatic rings. The van der Waals surface area contributed by atoms with Crippen LogP contribution >= 0.6 is 34.7 Å². The smallest absolute Gasteiger partial charge is 0.259 e. The molecular weight excluding hydrogens is 404 g/mol. The number of carbonyl (C=O) groups excluding carboxylic acids is 2. The van der Waals surface area contributed by atoms with Crippen molar-refractivity contribution in [3.05, 3.63) is 70.7 Å². The van der Waals surface area contributed by atoms with Gasteiger partial charge in [0.15, 0.2) is 4.34 Å². The second-order valence-electron chi connectivity index (χ2n) is 5.36. The zero-order valence-electron chi connectivity index (χ0n) is 14.0. The molecule has 1 aromatic heterocycles. The van der Waals surface area contributed by atoms with Gasteiger partial charge in [-0.3, -0.25) is 14.9 Å². The Balaban J connectivity index is 1.47. The van der Waals surface area contributed by atoms with E-state index in [-0.39, 0.29) is 17.6 Å². The molecule has 1 heterocycles. The van der Waals surface area contributed by atoms with Crippen molar-refractivity contribution < 1.29 is 9.59 Å². The Morgan fingerprint density at radius 3 is 2.56 bits per heavy atom. The van der Waals surface area contributed by atoms with Crippen molar-refractivity contribution in [2.75, 3.05) is 11.1 Å². The number of nitrogens with one attached hydrogen (secondary N) is 2. The van der Waals surface area contributed by atoms with Gasteiger partial charge in [0.2, 0.25) is 11.0 Å². The highest BCUT2D eigenvalue weighted by Crippen LogP contribution is 2.26. The fourth-order valence-corrected chi connectivity index (χ4v) is 3.90. The van der Waals surface area contributed by atoms with Crippen molar-refractivity contribution in [3.63, 3.8) is 0 Å². The first-order valence-electron chi connectivity index (χ1n) is 7.94. The van der Waals surface area contributed by atoms with Crippen molar-refractivity contribution >= 4 is 51.6 Å². The van der Waals surface area contributed by atoms with Crippen molar-refractivity contribution in [1.82, 2.24) is 15.5 Å². The third-order valence-electron chi connectivity index (χ3n) is 3.40. The molecule has 27 heavy (non-hydrogen) atoms. The molecule has 2 N–H and O–H groups in total. The third kappa shape index (κ3) is 5.78. The van der Waals surface area contributed by atoms with E-state index in [4.69, 9.17) is 11.6 Å². The van der Waals surface area contributed by atoms with Gasteiger partial charge in [-0.15, -0.1) is 10.2 Å². The summed E-state index contributed by atoms with van der Waals surface area (Å²) in [5.41, 5.74) is 1.40. The number of benzene rings is 2. The first-order chi connectivity index (χ1) is 13.1. The van der Waals surface area contributed by atoms with Gasteiger partial charge in [0.05, 0.1) is 16.3 Å². The molecule has 2 aromatic carbocycles. The summed E-state index contributed by atoms with van der Waals surface area (Å²) < 4.78 is 0.597. The van der Waals surface area contributed by atoms with Crippen LogP contribution in [0.25, 0.3) is 0 Å². The van der Waals surface area contributed by atoms with Crippen LogP contribution in [0.5, 0.6) is 0 Å². The van der Waals surface area contributed by atoms with Crippen molar-refractivity contribution in [1.29, 1.82) is 0 Å². The van der Waals surface area contributed by atoms with Gasteiger partial charge in [-0.05, 0) is 17.7 Å². The van der Waals surface area contributed by atoms with Gasteiger partial charge >= 0.3 is 0 Å². The van der Waals surface area contributed by atoms with Crippen molar-refractivity contribution in [3.8, 4) is 0 Å². The second-order valence-corrected chi connectivity index (χ2v) is 7.97. The van der Waals surface area contributed by atoms with Gasteiger partial charge < -0.3 is 5.32 Å². The SMILES string of the molecule is O=C(CSc1nnc(NC(=O)c2ccccc2Cl)s1)NCc1ccccc1. The highest BCUT2D eigenvalue weighted by molar-refractivity contribution is 8.01. The Labute approximate surface area is 169 Å². The van der Waals surface area contributed by atoms with E-state index >= 15 is 0 Å². The molecule has 0 saturated heterocycles. The normalized spacial score (nSPS) is 10.4. The van der Waals surface area contributed by atoms with E-state index in [1.54, 1.807) is 24.3 Å². The number of hydrogen-bond acceptors (Lipinski definition) is 6. The Morgan fingerprint density at radius 2 is 1.78 bits per heavy atom. The molecule has 0 atom stereocenters. The van der Waals surface area contributed by atoms with Gasteiger partial charge in [-0.25, -0.2) is 0 Å². The number of anilines is 1. The highest BCUT2D eigenvalue weighted by Gasteiger charge is 2.13. The zero-order valence-corrected chi connectivity index (χ0v) is 16.4. The van der Waals surface area contributed by atoms with E-state index in [2.05, 4.69) is 20.8 Å². The number of halogens is 1. The lowest BCUT2D eigenvalue weighted by Crippen LogP contribution is -2.24. The first kappa shape index (κ1) is 19.3. The predicted octanol–water partition coefficient (Wildman–Crippen LogP) is 3.85. The summed E-state index contributed by atoms with van der Waals surface area (Å²) in [5.74, 6) is -0.227. The molecule has 6 nitrogen and oxygen atoms in total. The van der Waals surface area contributed by atoms with Crippen LogP contribution in [0.4, 0.5) is 5.13 Å². The molecule has 138 valence electrons. The van der Waals surface area contributed by atoms with E-state index in [0.717, 1.165) is 5.56 Å². The first-order valence-corrected chi connectivity index (χ1v) is 10.1. The largest absolute Gasteiger partial charge is 0.351 e. The van der Waals surface area contributed by atoms with Crippen LogP contribution in [-0.2, 0) is 11.3 Å². The molecule has 0 bridgehead atoms. The van der Waals surface area contributed by atoms with E-state index in [1.165, 1.54) is 23.1 Å². The van der Waals surface area contributed by atoms with E-state index in [1.807, 2.05) is 30.3 Å². The van der Waals surface area contributed by atoms with Gasteiger partial charge in [-0.2, -0.15) is 0 Å². The number of thioether (sulfide) groups is 1. The number of carbonyl (C=O) groups is 2. The van der Waals surface area contributed by atoms with Crippen LogP contribution in [0, 0.1) is 0 Å². The summed E-state index contributed by atoms with van der Waals surface area (Å²) >= 11 is 8.48. The number of rotatable bonds is 7. The molecule has 3 rings (SSSR count). The number of hydrogen-bond donors (Lipinski definition) is 2. The maximum absolute atomic E-state index is 12.2. The van der Waals surface area contributed by atoms with Crippen LogP contribution in [-0.4, -0.2) is 27.8 Å². The molecule has 2 amide bonds. The maximum Gasteiger partial charge on any atom is 0.259 e. The summed E-state index contributed by atoms with van der Waals surface area (Å²) in [5, 5.41) is 14.1. The Morgan fingerprint density at radius 1 is 1.04 bits per heavy atom. The minimum Gasteiger partial charge on any atom is -0.351 e. The third-order valence-corrected chi connectivity index (χ3v) is 5.71. The molecule has 0 aliphatic heterocycles. The zero-order chi connectivity index (χ0) is 19.1. The lowest BCUT2D eigenvalue weighted by Gasteiger charge is -2.04. The van der Waals surface area contributed by atoms with E-state index in [9.17, 15) is 9.59 Å². The van der Waals surface area contributed by atoms with Crippen LogP contribution in [0.3, 0.4) is 0 Å². The minimum absolute atomic E-state index is 0.0966. The standard InChI is InChI=1S/C18H15ClN4O2S2/c19-14-9-5-4-8-13(14)16(25)21-17-22-23-18(27-17)26-11-15(24)20-10-12-6-2-1-3-7-12/h1-9H,10-11H2,(H,20,24)(H,21,22,25). The van der Waals surface area contributed by atoms with E-state index in [0.29, 0.717) is 26.6 Å². The molecule has 0 radical (unpaired) electrons. The highest BCUT2D eigenvalue weighted by atomic mass is 35.5. The fraction of sp³-hybridized carbons (Fsp3) is 0.111. The van der Waals surface area contributed by atoms with Crippen LogP contribution < -0.4 is 10.6 Å². The molecular formula is C18H15ClN4O2S2. The van der Waals surface area contributed by atoms with Gasteiger partial charge in [0.1, 0.15) is 0 Å². The quantitative estimate of drug-likeness (QED) is 0.449. The molecule has 0 unspecified atom stereocenters. The molecule has 0 aliphatic carbocycles. The Kier molecular flexibility index (Phi) is 6.80. The van der Waals surface area contributed by atoms with Gasteiger partial charge in [0, 0.05) is 6.54 Å². The number of aromatic nitrogens is 2.